The number of fused-ring (bicyclic) bond motifs is 3. The monoisotopic (exact) mass is 407 g/mol. The highest BCUT2D eigenvalue weighted by Crippen LogP contribution is 2.21. The van der Waals surface area contributed by atoms with Gasteiger partial charge in [-0.15, -0.1) is 0 Å². The van der Waals surface area contributed by atoms with Gasteiger partial charge in [0.05, 0.1) is 10.9 Å². The van der Waals surface area contributed by atoms with E-state index in [9.17, 15) is 18.8 Å². The summed E-state index contributed by atoms with van der Waals surface area (Å²) in [4.78, 5) is 40.7. The van der Waals surface area contributed by atoms with Crippen LogP contribution in [0.1, 0.15) is 28.0 Å². The second-order valence-electron chi connectivity index (χ2n) is 6.90. The lowest BCUT2D eigenvalue weighted by molar-refractivity contribution is -0.116. The molecule has 30 heavy (non-hydrogen) atoms. The third-order valence-electron chi connectivity index (χ3n) is 4.91. The molecular weight excluding hydrogens is 389 g/mol. The highest BCUT2D eigenvalue weighted by Gasteiger charge is 2.17. The number of nitrogens with one attached hydrogen (secondary N) is 2. The zero-order chi connectivity index (χ0) is 21.4. The van der Waals surface area contributed by atoms with Gasteiger partial charge < -0.3 is 11.1 Å². The van der Waals surface area contributed by atoms with Crippen molar-refractivity contribution in [2.75, 3.05) is 5.32 Å². The van der Waals surface area contributed by atoms with Gasteiger partial charge in [0.25, 0.3) is 5.56 Å². The molecule has 4 N–H and O–H groups in total. The fourth-order valence-electron chi connectivity index (χ4n) is 3.37. The van der Waals surface area contributed by atoms with Crippen LogP contribution < -0.4 is 16.6 Å². The third kappa shape index (κ3) is 3.41. The van der Waals surface area contributed by atoms with E-state index < -0.39 is 11.7 Å². The predicted molar refractivity (Wildman–Crippen MR) is 110 cm³/mol. The molecular formula is C21H18FN5O3. The van der Waals surface area contributed by atoms with Gasteiger partial charge in [0, 0.05) is 28.9 Å². The van der Waals surface area contributed by atoms with E-state index in [1.165, 1.54) is 22.7 Å². The number of hydrogen-bond acceptors (Lipinski definition) is 4. The molecule has 0 aliphatic carbocycles. The van der Waals surface area contributed by atoms with Gasteiger partial charge in [0.15, 0.2) is 5.65 Å². The molecule has 0 spiro atoms. The van der Waals surface area contributed by atoms with E-state index in [1.54, 1.807) is 31.2 Å². The quantitative estimate of drug-likeness (QED) is 0.470. The van der Waals surface area contributed by atoms with Crippen LogP contribution in [0.25, 0.3) is 16.6 Å². The summed E-state index contributed by atoms with van der Waals surface area (Å²) in [6.07, 6.45) is 0.222. The molecule has 0 fully saturated rings. The third-order valence-corrected chi connectivity index (χ3v) is 4.91. The number of rotatable bonds is 5. The number of H-pyrrole nitrogens is 1. The lowest BCUT2D eigenvalue weighted by Crippen LogP contribution is -2.23. The first kappa shape index (κ1) is 19.3. The van der Waals surface area contributed by atoms with Crippen LogP contribution in [0, 0.1) is 12.7 Å². The van der Waals surface area contributed by atoms with Crippen LogP contribution in [0.3, 0.4) is 0 Å². The number of anilines is 1. The Kier molecular flexibility index (Phi) is 4.78. The first-order valence-electron chi connectivity index (χ1n) is 9.23. The Hall–Kier alpha value is -4.01. The van der Waals surface area contributed by atoms with Crippen molar-refractivity contribution in [1.29, 1.82) is 0 Å². The molecule has 0 unspecified atom stereocenters. The summed E-state index contributed by atoms with van der Waals surface area (Å²) in [5.41, 5.74) is 7.18. The molecule has 0 saturated carbocycles. The Morgan fingerprint density at radius 2 is 1.93 bits per heavy atom. The number of amides is 2. The van der Waals surface area contributed by atoms with Crippen molar-refractivity contribution in [3.63, 3.8) is 0 Å². The van der Waals surface area contributed by atoms with Crippen molar-refractivity contribution >= 4 is 34.1 Å². The average molecular weight is 407 g/mol. The second-order valence-corrected chi connectivity index (χ2v) is 6.90. The van der Waals surface area contributed by atoms with Crippen LogP contribution in [-0.4, -0.2) is 26.4 Å². The van der Waals surface area contributed by atoms with E-state index in [2.05, 4.69) is 15.4 Å². The molecule has 0 atom stereocenters. The highest BCUT2D eigenvalue weighted by atomic mass is 19.1. The maximum Gasteiger partial charge on any atom is 0.276 e. The molecule has 8 nitrogen and oxygen atoms in total. The number of aromatic nitrogens is 3. The Morgan fingerprint density at radius 1 is 1.20 bits per heavy atom. The van der Waals surface area contributed by atoms with Gasteiger partial charge in [-0.2, -0.15) is 0 Å². The normalized spacial score (nSPS) is 11.1. The summed E-state index contributed by atoms with van der Waals surface area (Å²) >= 11 is 0. The first-order chi connectivity index (χ1) is 14.3. The van der Waals surface area contributed by atoms with Crippen molar-refractivity contribution in [2.45, 2.75) is 19.8 Å². The molecule has 2 amide bonds. The Bertz CT molecular complexity index is 1360. The number of benzene rings is 2. The largest absolute Gasteiger partial charge is 0.366 e. The smallest absolute Gasteiger partial charge is 0.276 e. The number of aromatic amines is 1. The van der Waals surface area contributed by atoms with Crippen LogP contribution in [0.2, 0.25) is 0 Å². The topological polar surface area (TPSA) is 122 Å². The van der Waals surface area contributed by atoms with Crippen LogP contribution in [-0.2, 0) is 11.2 Å². The molecule has 2 aromatic carbocycles. The van der Waals surface area contributed by atoms with Crippen molar-refractivity contribution < 1.29 is 14.0 Å². The summed E-state index contributed by atoms with van der Waals surface area (Å²) in [6, 6.07) is 10.7. The number of aryl methyl sites for hydroxylation is 1. The maximum atomic E-state index is 14.2. The van der Waals surface area contributed by atoms with Crippen molar-refractivity contribution in [1.82, 2.24) is 14.6 Å². The second kappa shape index (κ2) is 7.43. The molecule has 152 valence electrons. The zero-order valence-corrected chi connectivity index (χ0v) is 16.0. The van der Waals surface area contributed by atoms with Crippen LogP contribution >= 0.6 is 0 Å². The van der Waals surface area contributed by atoms with Crippen molar-refractivity contribution in [2.24, 2.45) is 5.73 Å². The Labute approximate surface area is 169 Å². The van der Waals surface area contributed by atoms with Gasteiger partial charge >= 0.3 is 0 Å². The Morgan fingerprint density at radius 3 is 2.63 bits per heavy atom. The van der Waals surface area contributed by atoms with E-state index in [0.717, 1.165) is 0 Å². The molecule has 9 heteroatoms. The number of nitrogens with zero attached hydrogens (tertiary/aromatic N) is 2. The molecule has 2 heterocycles. The summed E-state index contributed by atoms with van der Waals surface area (Å²) < 4.78 is 15.4. The van der Waals surface area contributed by atoms with Gasteiger partial charge in [0.2, 0.25) is 11.8 Å². The minimum Gasteiger partial charge on any atom is -0.366 e. The molecule has 0 aliphatic heterocycles. The maximum absolute atomic E-state index is 14.2. The summed E-state index contributed by atoms with van der Waals surface area (Å²) in [5, 5.41) is 5.82. The minimum atomic E-state index is -0.552. The van der Waals surface area contributed by atoms with Crippen molar-refractivity contribution in [3.05, 3.63) is 75.5 Å². The zero-order valence-electron chi connectivity index (χ0n) is 16.0. The predicted octanol–water partition coefficient (Wildman–Crippen LogP) is 2.29. The van der Waals surface area contributed by atoms with Gasteiger partial charge in [-0.3, -0.25) is 19.5 Å². The van der Waals surface area contributed by atoms with Gasteiger partial charge in [-0.25, -0.2) is 13.9 Å². The molecule has 0 radical (unpaired) electrons. The number of carbonyl (C=O) groups is 2. The lowest BCUT2D eigenvalue weighted by atomic mass is 10.1. The van der Waals surface area contributed by atoms with E-state index in [-0.39, 0.29) is 35.3 Å². The SMILES string of the molecule is Cc1nc2c3c(F)cccc3[nH]n2c(=O)c1CCC(=O)Nc1ccc(C(N)=O)cc1. The molecule has 2 aromatic heterocycles. The highest BCUT2D eigenvalue weighted by molar-refractivity contribution is 5.95. The molecule has 4 aromatic rings. The van der Waals surface area contributed by atoms with E-state index in [4.69, 9.17) is 5.73 Å². The van der Waals surface area contributed by atoms with E-state index >= 15 is 0 Å². The van der Waals surface area contributed by atoms with E-state index in [1.807, 2.05) is 0 Å². The van der Waals surface area contributed by atoms with E-state index in [0.29, 0.717) is 28.0 Å². The standard InChI is InChI=1S/C21H18FN5O3/c1-11-14(9-10-17(28)25-13-7-5-12(6-8-13)19(23)29)21(30)27-20(24-11)18-15(22)3-2-4-16(18)26-27/h2-8,26H,9-10H2,1H3,(H2,23,29)(H,25,28). The number of nitrogens with two attached hydrogens (primary N) is 1. The molecule has 4 rings (SSSR count). The fraction of sp³-hybridized carbons (Fsp3) is 0.143. The number of hydrogen-bond donors (Lipinski definition) is 3. The number of carbonyl (C=O) groups excluding carboxylic acids is 2. The van der Waals surface area contributed by atoms with Crippen molar-refractivity contribution in [3.8, 4) is 0 Å². The first-order valence-corrected chi connectivity index (χ1v) is 9.23. The summed E-state index contributed by atoms with van der Waals surface area (Å²) in [5.74, 6) is -1.32. The fourth-order valence-corrected chi connectivity index (χ4v) is 3.37. The molecule has 0 aliphatic rings. The van der Waals surface area contributed by atoms with Crippen LogP contribution in [0.15, 0.2) is 47.3 Å². The van der Waals surface area contributed by atoms with Gasteiger partial charge in [-0.05, 0) is 49.7 Å². The number of primary amides is 1. The molecule has 0 bridgehead atoms. The number of halogens is 1. The minimum absolute atomic E-state index is 0.0516. The van der Waals surface area contributed by atoms with Gasteiger partial charge in [-0.1, -0.05) is 6.07 Å². The van der Waals surface area contributed by atoms with Crippen LogP contribution in [0.5, 0.6) is 0 Å². The summed E-state index contributed by atoms with van der Waals surface area (Å²) in [6.45, 7) is 1.66. The Balaban J connectivity index is 1.56. The lowest BCUT2D eigenvalue weighted by Gasteiger charge is -2.07. The van der Waals surface area contributed by atoms with Gasteiger partial charge in [0.1, 0.15) is 5.82 Å². The van der Waals surface area contributed by atoms with Crippen LogP contribution in [0.4, 0.5) is 10.1 Å². The summed E-state index contributed by atoms with van der Waals surface area (Å²) in [7, 11) is 0. The molecule has 0 saturated heterocycles. The average Bonchev–Trinajstić information content (AvgIpc) is 3.08.